The highest BCUT2D eigenvalue weighted by Crippen LogP contribution is 2.09. The molecule has 0 aliphatic heterocycles. The molecule has 0 N–H and O–H groups in total. The third-order valence-electron chi connectivity index (χ3n) is 1.90. The van der Waals surface area contributed by atoms with E-state index in [0.717, 1.165) is 12.8 Å². The van der Waals surface area contributed by atoms with Crippen molar-refractivity contribution in [3.63, 3.8) is 0 Å². The van der Waals surface area contributed by atoms with Crippen molar-refractivity contribution in [1.29, 1.82) is 0 Å². The van der Waals surface area contributed by atoms with Gasteiger partial charge in [-0.25, -0.2) is 0 Å². The largest absolute Gasteiger partial charge is 0.230 e. The Balaban J connectivity index is 2.91. The summed E-state index contributed by atoms with van der Waals surface area (Å²) < 4.78 is 2.23. The molecule has 0 aliphatic carbocycles. The molecule has 0 saturated heterocycles. The standard InChI is InChI=1S/C10H16NS/c1-4-6-7-11-8-12-9(3)10(11)5-2/h6-8H,4-5H2,1-3H3/q+1. The van der Waals surface area contributed by atoms with Crippen LogP contribution >= 0.6 is 11.3 Å². The fourth-order valence-corrected chi connectivity index (χ4v) is 2.08. The van der Waals surface area contributed by atoms with E-state index in [1.165, 1.54) is 10.6 Å². The Hall–Kier alpha value is -0.630. The summed E-state index contributed by atoms with van der Waals surface area (Å²) in [7, 11) is 0. The molecule has 12 heavy (non-hydrogen) atoms. The Labute approximate surface area is 78.4 Å². The first-order valence-corrected chi connectivity index (χ1v) is 5.32. The molecule has 0 radical (unpaired) electrons. The van der Waals surface area contributed by atoms with Gasteiger partial charge in [-0.3, -0.25) is 0 Å². The summed E-state index contributed by atoms with van der Waals surface area (Å²) in [4.78, 5) is 1.43. The lowest BCUT2D eigenvalue weighted by Crippen LogP contribution is -2.27. The summed E-state index contributed by atoms with van der Waals surface area (Å²) in [5.41, 5.74) is 3.60. The Morgan fingerprint density at radius 2 is 2.25 bits per heavy atom. The highest BCUT2D eigenvalue weighted by molar-refractivity contribution is 7.09. The summed E-state index contributed by atoms with van der Waals surface area (Å²) in [5.74, 6) is 0. The zero-order valence-corrected chi connectivity index (χ0v) is 8.82. The van der Waals surface area contributed by atoms with Gasteiger partial charge in [-0.1, -0.05) is 25.2 Å². The van der Waals surface area contributed by atoms with Gasteiger partial charge in [0.25, 0.3) is 0 Å². The summed E-state index contributed by atoms with van der Waals surface area (Å²) in [6.07, 6.45) is 6.56. The van der Waals surface area contributed by atoms with Crippen LogP contribution in [-0.2, 0) is 6.42 Å². The lowest BCUT2D eigenvalue weighted by atomic mass is 10.3. The summed E-state index contributed by atoms with van der Waals surface area (Å²) >= 11 is 1.82. The van der Waals surface area contributed by atoms with Crippen molar-refractivity contribution in [3.05, 3.63) is 22.2 Å². The number of allylic oxidation sites excluding steroid dienone is 1. The number of rotatable bonds is 3. The minimum Gasteiger partial charge on any atom is -0.161 e. The van der Waals surface area contributed by atoms with Crippen molar-refractivity contribution in [2.45, 2.75) is 33.6 Å². The maximum Gasteiger partial charge on any atom is 0.230 e. The van der Waals surface area contributed by atoms with Crippen molar-refractivity contribution >= 4 is 17.5 Å². The lowest BCUT2D eigenvalue weighted by molar-refractivity contribution is -0.571. The van der Waals surface area contributed by atoms with Crippen LogP contribution in [0.3, 0.4) is 0 Å². The Kier molecular flexibility index (Phi) is 3.48. The van der Waals surface area contributed by atoms with E-state index in [-0.39, 0.29) is 0 Å². The molecule has 1 aromatic heterocycles. The molecular weight excluding hydrogens is 166 g/mol. The van der Waals surface area contributed by atoms with Crippen LogP contribution in [0.4, 0.5) is 0 Å². The van der Waals surface area contributed by atoms with Gasteiger partial charge in [-0.2, -0.15) is 4.57 Å². The van der Waals surface area contributed by atoms with Gasteiger partial charge in [-0.05, 0) is 19.4 Å². The number of nitrogens with zero attached hydrogens (tertiary/aromatic N) is 1. The topological polar surface area (TPSA) is 3.88 Å². The average molecular weight is 182 g/mol. The molecular formula is C10H16NS+. The second kappa shape index (κ2) is 4.41. The molecule has 1 aromatic rings. The van der Waals surface area contributed by atoms with Gasteiger partial charge >= 0.3 is 0 Å². The smallest absolute Gasteiger partial charge is 0.161 e. The molecule has 0 saturated carbocycles. The van der Waals surface area contributed by atoms with Crippen molar-refractivity contribution < 1.29 is 4.57 Å². The quantitative estimate of drug-likeness (QED) is 0.633. The van der Waals surface area contributed by atoms with Crippen molar-refractivity contribution in [1.82, 2.24) is 0 Å². The molecule has 0 atom stereocenters. The van der Waals surface area contributed by atoms with E-state index < -0.39 is 0 Å². The first kappa shape index (κ1) is 9.46. The van der Waals surface area contributed by atoms with Gasteiger partial charge in [0.15, 0.2) is 11.9 Å². The van der Waals surface area contributed by atoms with Crippen LogP contribution < -0.4 is 4.57 Å². The van der Waals surface area contributed by atoms with Crippen molar-refractivity contribution in [2.75, 3.05) is 0 Å². The molecule has 1 nitrogen and oxygen atoms in total. The lowest BCUT2D eigenvalue weighted by Gasteiger charge is -1.88. The monoisotopic (exact) mass is 182 g/mol. The van der Waals surface area contributed by atoms with E-state index in [4.69, 9.17) is 0 Å². The van der Waals surface area contributed by atoms with Gasteiger partial charge in [0.1, 0.15) is 0 Å². The third-order valence-corrected chi connectivity index (χ3v) is 2.82. The molecule has 1 heterocycles. The minimum absolute atomic E-state index is 1.10. The first-order chi connectivity index (χ1) is 5.79. The van der Waals surface area contributed by atoms with Crippen molar-refractivity contribution in [2.24, 2.45) is 0 Å². The maximum absolute atomic E-state index is 2.23. The highest BCUT2D eigenvalue weighted by atomic mass is 32.1. The maximum atomic E-state index is 2.23. The zero-order chi connectivity index (χ0) is 8.97. The Bertz CT molecular complexity index is 273. The first-order valence-electron chi connectivity index (χ1n) is 4.44. The van der Waals surface area contributed by atoms with Crippen LogP contribution in [0.1, 0.15) is 30.8 Å². The van der Waals surface area contributed by atoms with Crippen LogP contribution in [0, 0.1) is 6.92 Å². The number of thiazole rings is 1. The van der Waals surface area contributed by atoms with Gasteiger partial charge in [0, 0.05) is 6.42 Å². The van der Waals surface area contributed by atoms with Gasteiger partial charge in [-0.15, -0.1) is 0 Å². The van der Waals surface area contributed by atoms with Crippen LogP contribution in [0.15, 0.2) is 11.6 Å². The minimum atomic E-state index is 1.10. The molecule has 2 heteroatoms. The second-order valence-corrected chi connectivity index (χ2v) is 3.84. The highest BCUT2D eigenvalue weighted by Gasteiger charge is 2.11. The van der Waals surface area contributed by atoms with Crippen LogP contribution in [0.5, 0.6) is 0 Å². The molecule has 0 unspecified atom stereocenters. The molecule has 0 amide bonds. The summed E-state index contributed by atoms with van der Waals surface area (Å²) in [5, 5.41) is 0. The average Bonchev–Trinajstić information content (AvgIpc) is 2.43. The SMILES string of the molecule is CCC=C[n+]1csc(C)c1CC. The number of aromatic nitrogens is 1. The van der Waals surface area contributed by atoms with E-state index in [2.05, 4.69) is 43.1 Å². The zero-order valence-electron chi connectivity index (χ0n) is 8.00. The van der Waals surface area contributed by atoms with Crippen LogP contribution in [0.25, 0.3) is 6.20 Å². The molecule has 0 bridgehead atoms. The summed E-state index contributed by atoms with van der Waals surface area (Å²) in [6.45, 7) is 6.53. The molecule has 0 aromatic carbocycles. The predicted molar refractivity (Wildman–Crippen MR) is 54.3 cm³/mol. The number of aryl methyl sites for hydroxylation is 1. The number of hydrogen-bond acceptors (Lipinski definition) is 1. The van der Waals surface area contributed by atoms with Crippen LogP contribution in [-0.4, -0.2) is 0 Å². The molecule has 1 rings (SSSR count). The third kappa shape index (κ3) is 1.95. The molecule has 66 valence electrons. The van der Waals surface area contributed by atoms with Gasteiger partial charge in [0.05, 0.1) is 4.88 Å². The summed E-state index contributed by atoms with van der Waals surface area (Å²) in [6, 6.07) is 0. The van der Waals surface area contributed by atoms with Crippen molar-refractivity contribution in [3.8, 4) is 0 Å². The molecule has 0 spiro atoms. The number of hydrogen-bond donors (Lipinski definition) is 0. The van der Waals surface area contributed by atoms with E-state index in [9.17, 15) is 0 Å². The molecule has 0 aliphatic rings. The Morgan fingerprint density at radius 3 is 2.83 bits per heavy atom. The van der Waals surface area contributed by atoms with E-state index in [1.54, 1.807) is 0 Å². The Morgan fingerprint density at radius 1 is 1.50 bits per heavy atom. The normalized spacial score (nSPS) is 11.2. The van der Waals surface area contributed by atoms with E-state index in [0.29, 0.717) is 0 Å². The van der Waals surface area contributed by atoms with E-state index >= 15 is 0 Å². The predicted octanol–water partition coefficient (Wildman–Crippen LogP) is 2.79. The fourth-order valence-electron chi connectivity index (χ4n) is 1.22. The molecule has 0 fully saturated rings. The van der Waals surface area contributed by atoms with Crippen LogP contribution in [0.2, 0.25) is 0 Å². The fraction of sp³-hybridized carbons (Fsp3) is 0.500. The van der Waals surface area contributed by atoms with E-state index in [1.807, 2.05) is 11.3 Å². The second-order valence-electron chi connectivity index (χ2n) is 2.78. The van der Waals surface area contributed by atoms with Gasteiger partial charge in [0.2, 0.25) is 5.51 Å². The van der Waals surface area contributed by atoms with Gasteiger partial charge < -0.3 is 0 Å².